The van der Waals surface area contributed by atoms with E-state index < -0.39 is 0 Å². The second-order valence-corrected chi connectivity index (χ2v) is 3.11. The molecule has 1 aliphatic rings. The Hall–Kier alpha value is -1.90. The monoisotopic (exact) mass is 200 g/mol. The highest BCUT2D eigenvalue weighted by molar-refractivity contribution is 5.77. The van der Waals surface area contributed by atoms with E-state index in [4.69, 9.17) is 0 Å². The molecule has 0 aliphatic carbocycles. The highest BCUT2D eigenvalue weighted by Gasteiger charge is 1.87. The van der Waals surface area contributed by atoms with Crippen LogP contribution in [0.15, 0.2) is 47.8 Å². The number of hydrogen-bond acceptors (Lipinski definition) is 3. The maximum atomic E-state index is 4.51. The zero-order chi connectivity index (χ0) is 10.3. The number of nitrogens with zero attached hydrogens (tertiary/aromatic N) is 2. The molecule has 0 radical (unpaired) electrons. The van der Waals surface area contributed by atoms with Gasteiger partial charge < -0.3 is 4.84 Å². The Balaban J connectivity index is 0.000000144. The molecule has 2 heterocycles. The molecule has 0 bridgehead atoms. The van der Waals surface area contributed by atoms with Gasteiger partial charge in [-0.15, -0.1) is 0 Å². The molecule has 76 valence electrons. The zero-order valence-electron chi connectivity index (χ0n) is 8.34. The molecule has 3 heteroatoms. The van der Waals surface area contributed by atoms with Gasteiger partial charge in [0.25, 0.3) is 0 Å². The summed E-state index contributed by atoms with van der Waals surface area (Å²) in [6.45, 7) is 0.778. The first-order chi connectivity index (χ1) is 7.47. The maximum absolute atomic E-state index is 4.51. The molecule has 3 nitrogen and oxygen atoms in total. The Morgan fingerprint density at radius 3 is 2.60 bits per heavy atom. The van der Waals surface area contributed by atoms with E-state index in [2.05, 4.69) is 27.1 Å². The summed E-state index contributed by atoms with van der Waals surface area (Å²) in [5.74, 6) is 0. The van der Waals surface area contributed by atoms with E-state index in [-0.39, 0.29) is 0 Å². The number of para-hydroxylation sites is 1. The highest BCUT2D eigenvalue weighted by atomic mass is 16.6. The van der Waals surface area contributed by atoms with Crippen molar-refractivity contribution in [2.75, 3.05) is 6.61 Å². The summed E-state index contributed by atoms with van der Waals surface area (Å²) in [6.07, 6.45) is 4.56. The first kappa shape index (κ1) is 9.65. The van der Waals surface area contributed by atoms with Gasteiger partial charge >= 0.3 is 0 Å². The van der Waals surface area contributed by atoms with Crippen molar-refractivity contribution in [3.63, 3.8) is 0 Å². The summed E-state index contributed by atoms with van der Waals surface area (Å²) in [5.41, 5.74) is 1.06. The standard InChI is InChI=1S/C9H7N.C3H5NO/c1-2-6-9-8(4-1)5-3-7-10-9;1-2-4-5-3-1/h1-7H;2H,1,3H2. The fourth-order valence-corrected chi connectivity index (χ4v) is 1.28. The van der Waals surface area contributed by atoms with Crippen LogP contribution < -0.4 is 0 Å². The third-order valence-corrected chi connectivity index (χ3v) is 2.00. The van der Waals surface area contributed by atoms with Crippen molar-refractivity contribution in [3.05, 3.63) is 42.6 Å². The van der Waals surface area contributed by atoms with Crippen LogP contribution in [0.1, 0.15) is 6.42 Å². The second kappa shape index (κ2) is 5.10. The minimum Gasteiger partial charge on any atom is -0.396 e. The molecule has 3 rings (SSSR count). The van der Waals surface area contributed by atoms with Crippen molar-refractivity contribution >= 4 is 17.1 Å². The van der Waals surface area contributed by atoms with Gasteiger partial charge in [0.1, 0.15) is 6.61 Å². The third kappa shape index (κ3) is 2.77. The summed E-state index contributed by atoms with van der Waals surface area (Å²) < 4.78 is 0. The molecule has 0 amide bonds. The lowest BCUT2D eigenvalue weighted by molar-refractivity contribution is 0.174. The molecule has 0 fully saturated rings. The van der Waals surface area contributed by atoms with Crippen LogP contribution in [0, 0.1) is 0 Å². The SMILES string of the molecule is C1=NOCC1.c1ccc2ncccc2c1. The van der Waals surface area contributed by atoms with E-state index in [9.17, 15) is 0 Å². The zero-order valence-corrected chi connectivity index (χ0v) is 8.34. The van der Waals surface area contributed by atoms with Crippen molar-refractivity contribution in [1.29, 1.82) is 0 Å². The quantitative estimate of drug-likeness (QED) is 0.655. The lowest BCUT2D eigenvalue weighted by Crippen LogP contribution is -1.73. The van der Waals surface area contributed by atoms with Crippen LogP contribution >= 0.6 is 0 Å². The van der Waals surface area contributed by atoms with E-state index in [0.29, 0.717) is 0 Å². The number of benzene rings is 1. The summed E-state index contributed by atoms with van der Waals surface area (Å²) >= 11 is 0. The summed E-state index contributed by atoms with van der Waals surface area (Å²) in [5, 5.41) is 4.66. The van der Waals surface area contributed by atoms with Crippen LogP contribution in [0.4, 0.5) is 0 Å². The van der Waals surface area contributed by atoms with Crippen LogP contribution in [-0.4, -0.2) is 17.8 Å². The predicted molar refractivity (Wildman–Crippen MR) is 60.8 cm³/mol. The Kier molecular flexibility index (Phi) is 3.28. The first-order valence-electron chi connectivity index (χ1n) is 4.90. The van der Waals surface area contributed by atoms with E-state index in [1.807, 2.05) is 30.5 Å². The minimum atomic E-state index is 0.778. The molecule has 0 N–H and O–H groups in total. The maximum Gasteiger partial charge on any atom is 0.122 e. The Labute approximate surface area is 88.4 Å². The smallest absolute Gasteiger partial charge is 0.122 e. The first-order valence-corrected chi connectivity index (χ1v) is 4.90. The van der Waals surface area contributed by atoms with Gasteiger partial charge in [-0.1, -0.05) is 29.4 Å². The third-order valence-electron chi connectivity index (χ3n) is 2.00. The van der Waals surface area contributed by atoms with Crippen LogP contribution in [0.25, 0.3) is 10.9 Å². The second-order valence-electron chi connectivity index (χ2n) is 3.11. The molecule has 0 atom stereocenters. The topological polar surface area (TPSA) is 34.5 Å². The van der Waals surface area contributed by atoms with Crippen molar-refractivity contribution < 1.29 is 4.84 Å². The van der Waals surface area contributed by atoms with E-state index >= 15 is 0 Å². The Morgan fingerprint density at radius 2 is 1.93 bits per heavy atom. The van der Waals surface area contributed by atoms with Crippen molar-refractivity contribution in [3.8, 4) is 0 Å². The van der Waals surface area contributed by atoms with Crippen molar-refractivity contribution in [2.24, 2.45) is 5.16 Å². The molecule has 0 saturated heterocycles. The number of fused-ring (bicyclic) bond motifs is 1. The lowest BCUT2D eigenvalue weighted by atomic mass is 10.2. The number of aromatic nitrogens is 1. The molecular formula is C12H12N2O. The van der Waals surface area contributed by atoms with E-state index in [1.165, 1.54) is 5.39 Å². The van der Waals surface area contributed by atoms with Crippen LogP contribution in [-0.2, 0) is 4.84 Å². The molecule has 0 saturated carbocycles. The van der Waals surface area contributed by atoms with Gasteiger partial charge in [-0.25, -0.2) is 0 Å². The van der Waals surface area contributed by atoms with Crippen LogP contribution in [0.2, 0.25) is 0 Å². The molecule has 2 aromatic rings. The Bertz CT molecular complexity index is 383. The average molecular weight is 200 g/mol. The van der Waals surface area contributed by atoms with E-state index in [1.54, 1.807) is 6.21 Å². The van der Waals surface area contributed by atoms with Crippen molar-refractivity contribution in [1.82, 2.24) is 4.98 Å². The van der Waals surface area contributed by atoms with Gasteiger partial charge in [-0.05, 0) is 12.1 Å². The van der Waals surface area contributed by atoms with Gasteiger partial charge in [0.2, 0.25) is 0 Å². The molecule has 0 unspecified atom stereocenters. The fourth-order valence-electron chi connectivity index (χ4n) is 1.28. The van der Waals surface area contributed by atoms with Gasteiger partial charge in [0.05, 0.1) is 5.52 Å². The molecule has 1 aliphatic heterocycles. The van der Waals surface area contributed by atoms with Gasteiger partial charge in [0.15, 0.2) is 0 Å². The number of rotatable bonds is 0. The lowest BCUT2D eigenvalue weighted by Gasteiger charge is -1.91. The molecule has 1 aromatic heterocycles. The summed E-state index contributed by atoms with van der Waals surface area (Å²) in [6, 6.07) is 12.1. The van der Waals surface area contributed by atoms with Crippen LogP contribution in [0.5, 0.6) is 0 Å². The van der Waals surface area contributed by atoms with Crippen molar-refractivity contribution in [2.45, 2.75) is 6.42 Å². The van der Waals surface area contributed by atoms with Gasteiger partial charge in [-0.2, -0.15) is 0 Å². The normalized spacial score (nSPS) is 13.1. The molecule has 0 spiro atoms. The number of hydrogen-bond donors (Lipinski definition) is 0. The summed E-state index contributed by atoms with van der Waals surface area (Å²) in [7, 11) is 0. The predicted octanol–water partition coefficient (Wildman–Crippen LogP) is 2.63. The van der Waals surface area contributed by atoms with Gasteiger partial charge in [-0.3, -0.25) is 4.98 Å². The molecule has 1 aromatic carbocycles. The molecular weight excluding hydrogens is 188 g/mol. The average Bonchev–Trinajstić information content (AvgIpc) is 2.88. The number of oxime groups is 1. The van der Waals surface area contributed by atoms with Gasteiger partial charge in [0, 0.05) is 24.2 Å². The van der Waals surface area contributed by atoms with Crippen LogP contribution in [0.3, 0.4) is 0 Å². The minimum absolute atomic E-state index is 0.778. The highest BCUT2D eigenvalue weighted by Crippen LogP contribution is 2.07. The fraction of sp³-hybridized carbons (Fsp3) is 0.167. The Morgan fingerprint density at radius 1 is 1.07 bits per heavy atom. The van der Waals surface area contributed by atoms with E-state index in [0.717, 1.165) is 18.5 Å². The molecule has 15 heavy (non-hydrogen) atoms. The largest absolute Gasteiger partial charge is 0.396 e. The number of pyridine rings is 1. The summed E-state index contributed by atoms with van der Waals surface area (Å²) in [4.78, 5) is 8.70.